The number of benzene rings is 11. The Balaban J connectivity index is 0.914. The Morgan fingerprint density at radius 1 is 0.170 bits per heavy atom. The van der Waals surface area contributed by atoms with Gasteiger partial charge in [0.15, 0.2) is 29.1 Å². The predicted molar refractivity (Wildman–Crippen MR) is 351 cm³/mol. The average molecular weight is 1130 g/mol. The molecule has 0 radical (unpaired) electrons. The summed E-state index contributed by atoms with van der Waals surface area (Å²) in [5.41, 5.74) is 11.8. The normalized spacial score (nSPS) is 11.9. The zero-order chi connectivity index (χ0) is 57.8. The minimum atomic E-state index is 0.447. The van der Waals surface area contributed by atoms with E-state index in [0.717, 1.165) is 115 Å². The van der Waals surface area contributed by atoms with Crippen molar-refractivity contribution in [3.05, 3.63) is 273 Å². The van der Waals surface area contributed by atoms with Crippen molar-refractivity contribution in [3.63, 3.8) is 0 Å². The van der Waals surface area contributed by atoms with Gasteiger partial charge in [-0.3, -0.25) is 18.3 Å². The Bertz CT molecular complexity index is 5350. The highest BCUT2D eigenvalue weighted by atomic mass is 15.3. The van der Waals surface area contributed by atoms with Crippen LogP contribution in [-0.2, 0) is 0 Å². The molecule has 0 spiro atoms. The predicted octanol–water partition coefficient (Wildman–Crippen LogP) is 17.0. The first-order valence-electron chi connectivity index (χ1n) is 29.1. The van der Waals surface area contributed by atoms with Gasteiger partial charge < -0.3 is 0 Å². The second kappa shape index (κ2) is 19.6. The van der Waals surface area contributed by atoms with Gasteiger partial charge in [-0.2, -0.15) is 34.9 Å². The number of fused-ring (bicyclic) bond motifs is 14. The zero-order valence-corrected chi connectivity index (χ0v) is 46.8. The molecule has 0 unspecified atom stereocenters. The maximum Gasteiger partial charge on any atom is 0.240 e. The molecule has 13 heteroatoms. The van der Waals surface area contributed by atoms with E-state index in [4.69, 9.17) is 44.9 Å². The third-order valence-electron chi connectivity index (χ3n) is 16.8. The lowest BCUT2D eigenvalue weighted by molar-refractivity contribution is 0.893. The number of rotatable bonds is 9. The van der Waals surface area contributed by atoms with Crippen LogP contribution >= 0.6 is 0 Å². The molecule has 18 aromatic rings. The molecular formula is C75H45N13. The number of aromatic nitrogens is 13. The number of para-hydroxylation sites is 4. The monoisotopic (exact) mass is 1130 g/mol. The molecule has 11 aromatic carbocycles. The van der Waals surface area contributed by atoms with Gasteiger partial charge in [0.05, 0.1) is 44.1 Å². The first kappa shape index (κ1) is 49.1. The molecule has 0 atom stereocenters. The molecular weight excluding hydrogens is 1080 g/mol. The number of hydrogen-bond acceptors (Lipinski definition) is 9. The fourth-order valence-corrected chi connectivity index (χ4v) is 12.9. The standard InChI is InChI=1S/C75H45N13/c1-6-24-46(25-7-1)67-76-68(47-26-8-2-9-27-47)79-72(78-67)87-57-38-20-16-34-51(57)53-42-44-61-63(65(53)87)55-36-18-22-40-59(55)85(61)74-82-71(50-32-14-5-15-33-50)83-75(84-74)86-60-41-23-19-37-56(60)64-62(86)45-43-54-52-35-17-21-39-58(52)88(66(54)64)73-80-69(48-28-10-3-11-29-48)77-70(81-73)49-30-12-4-13-31-49/h1-45H. The molecule has 7 aromatic heterocycles. The van der Waals surface area contributed by atoms with Gasteiger partial charge in [-0.15, -0.1) is 0 Å². The molecule has 0 aliphatic rings. The molecule has 0 bridgehead atoms. The maximum atomic E-state index is 5.66. The summed E-state index contributed by atoms with van der Waals surface area (Å²) in [5, 5.41) is 8.23. The Kier molecular flexibility index (Phi) is 11.0. The van der Waals surface area contributed by atoms with Gasteiger partial charge in [0, 0.05) is 70.9 Å². The highest BCUT2D eigenvalue weighted by molar-refractivity contribution is 6.27. The van der Waals surface area contributed by atoms with E-state index in [9.17, 15) is 0 Å². The van der Waals surface area contributed by atoms with Crippen LogP contribution in [-0.4, -0.2) is 63.1 Å². The fourth-order valence-electron chi connectivity index (χ4n) is 12.9. The Labute approximate surface area is 501 Å². The molecule has 88 heavy (non-hydrogen) atoms. The summed E-state index contributed by atoms with van der Waals surface area (Å²) in [5.74, 6) is 4.70. The van der Waals surface area contributed by atoms with Crippen LogP contribution < -0.4 is 0 Å². The molecule has 0 aliphatic heterocycles. The first-order chi connectivity index (χ1) is 43.7. The fraction of sp³-hybridized carbons (Fsp3) is 0. The van der Waals surface area contributed by atoms with Gasteiger partial charge in [0.2, 0.25) is 23.8 Å². The first-order valence-corrected chi connectivity index (χ1v) is 29.1. The van der Waals surface area contributed by atoms with Crippen molar-refractivity contribution >= 4 is 87.2 Å². The van der Waals surface area contributed by atoms with Crippen molar-refractivity contribution in [2.75, 3.05) is 0 Å². The largest absolute Gasteiger partial charge is 0.278 e. The van der Waals surface area contributed by atoms with Crippen LogP contribution in [0, 0.1) is 0 Å². The van der Waals surface area contributed by atoms with E-state index in [1.165, 1.54) is 0 Å². The van der Waals surface area contributed by atoms with E-state index in [1.54, 1.807) is 0 Å². The second-order valence-corrected chi connectivity index (χ2v) is 21.8. The van der Waals surface area contributed by atoms with Gasteiger partial charge in [-0.05, 0) is 36.4 Å². The molecule has 0 saturated carbocycles. The Hall–Kier alpha value is -12.4. The summed E-state index contributed by atoms with van der Waals surface area (Å²) < 4.78 is 8.78. The minimum Gasteiger partial charge on any atom is -0.278 e. The smallest absolute Gasteiger partial charge is 0.240 e. The summed E-state index contributed by atoms with van der Waals surface area (Å²) in [6.07, 6.45) is 0. The van der Waals surface area contributed by atoms with Crippen molar-refractivity contribution in [1.29, 1.82) is 0 Å². The van der Waals surface area contributed by atoms with Crippen molar-refractivity contribution in [2.45, 2.75) is 0 Å². The minimum absolute atomic E-state index is 0.447. The van der Waals surface area contributed by atoms with Gasteiger partial charge in [0.1, 0.15) is 0 Å². The van der Waals surface area contributed by atoms with Crippen LogP contribution in [0.1, 0.15) is 0 Å². The van der Waals surface area contributed by atoms with E-state index in [1.807, 2.05) is 140 Å². The number of nitrogens with zero attached hydrogens (tertiary/aromatic N) is 13. The van der Waals surface area contributed by atoms with Crippen molar-refractivity contribution in [2.24, 2.45) is 0 Å². The van der Waals surface area contributed by atoms with Crippen molar-refractivity contribution in [1.82, 2.24) is 63.1 Å². The quantitative estimate of drug-likeness (QED) is 0.138. The summed E-state index contributed by atoms with van der Waals surface area (Å²) >= 11 is 0. The Morgan fingerprint density at radius 3 is 0.739 bits per heavy atom. The second-order valence-electron chi connectivity index (χ2n) is 21.8. The molecule has 0 fully saturated rings. The third kappa shape index (κ3) is 7.63. The summed E-state index contributed by atoms with van der Waals surface area (Å²) in [4.78, 5) is 48.1. The lowest BCUT2D eigenvalue weighted by Crippen LogP contribution is -2.10. The summed E-state index contributed by atoms with van der Waals surface area (Å²) in [6, 6.07) is 93.3. The zero-order valence-electron chi connectivity index (χ0n) is 46.8. The van der Waals surface area contributed by atoms with E-state index in [2.05, 4.69) is 152 Å². The molecule has 0 N–H and O–H groups in total. The summed E-state index contributed by atoms with van der Waals surface area (Å²) in [7, 11) is 0. The SMILES string of the molecule is c1ccc(-c2nc(-n3c4ccccc4c4c3ccc3c5ccccc5n(-c5nc(-c6ccccc6)nc(-c6ccccc6)n5)c34)nc(-n3c4ccccc4c4c3ccc3c5ccccc5n(-c5nc(-c6ccccc6)nc(-c6ccccc6)n5)c34)n2)cc1. The van der Waals surface area contributed by atoms with Crippen LogP contribution in [0.15, 0.2) is 273 Å². The van der Waals surface area contributed by atoms with Crippen LogP contribution in [0.5, 0.6) is 0 Å². The average Bonchev–Trinajstić information content (AvgIpc) is 1.57. The molecule has 0 saturated heterocycles. The molecule has 0 amide bonds. The molecule has 7 heterocycles. The van der Waals surface area contributed by atoms with Crippen molar-refractivity contribution in [3.8, 4) is 80.7 Å². The van der Waals surface area contributed by atoms with Gasteiger partial charge in [-0.25, -0.2) is 9.97 Å². The summed E-state index contributed by atoms with van der Waals surface area (Å²) in [6.45, 7) is 0. The molecule has 13 nitrogen and oxygen atoms in total. The van der Waals surface area contributed by atoms with Crippen LogP contribution in [0.2, 0.25) is 0 Å². The molecule has 18 rings (SSSR count). The lowest BCUT2D eigenvalue weighted by atomic mass is 10.1. The van der Waals surface area contributed by atoms with Gasteiger partial charge >= 0.3 is 0 Å². The van der Waals surface area contributed by atoms with Crippen LogP contribution in [0.4, 0.5) is 0 Å². The maximum absolute atomic E-state index is 5.66. The van der Waals surface area contributed by atoms with Crippen molar-refractivity contribution < 1.29 is 0 Å². The van der Waals surface area contributed by atoms with Gasteiger partial charge in [0.25, 0.3) is 0 Å². The van der Waals surface area contributed by atoms with Gasteiger partial charge in [-0.1, -0.05) is 237 Å². The van der Waals surface area contributed by atoms with E-state index < -0.39 is 0 Å². The van der Waals surface area contributed by atoms with E-state index >= 15 is 0 Å². The highest BCUT2D eigenvalue weighted by Gasteiger charge is 2.28. The Morgan fingerprint density at radius 2 is 0.420 bits per heavy atom. The number of hydrogen-bond donors (Lipinski definition) is 0. The van der Waals surface area contributed by atoms with Crippen LogP contribution in [0.25, 0.3) is 168 Å². The van der Waals surface area contributed by atoms with E-state index in [-0.39, 0.29) is 0 Å². The third-order valence-corrected chi connectivity index (χ3v) is 16.8. The molecule has 0 aliphatic carbocycles. The highest BCUT2D eigenvalue weighted by Crippen LogP contribution is 2.44. The topological polar surface area (TPSA) is 136 Å². The lowest BCUT2D eigenvalue weighted by Gasteiger charge is -2.13. The van der Waals surface area contributed by atoms with Crippen LogP contribution in [0.3, 0.4) is 0 Å². The molecule has 410 valence electrons. The van der Waals surface area contributed by atoms with E-state index in [0.29, 0.717) is 52.9 Å².